The average Bonchev–Trinajstić information content (AvgIpc) is 3.69. The van der Waals surface area contributed by atoms with Gasteiger partial charge in [-0.3, -0.25) is 0 Å². The van der Waals surface area contributed by atoms with Gasteiger partial charge in [0.25, 0.3) is 0 Å². The second-order valence-corrected chi connectivity index (χ2v) is 8.39. The molecule has 0 bridgehead atoms. The summed E-state index contributed by atoms with van der Waals surface area (Å²) in [5, 5.41) is 29.9. The van der Waals surface area contributed by atoms with E-state index in [4.69, 9.17) is 10.2 Å². The molecule has 9 heteroatoms. The highest BCUT2D eigenvalue weighted by Crippen LogP contribution is 2.44. The van der Waals surface area contributed by atoms with Gasteiger partial charge < -0.3 is 14.7 Å². The van der Waals surface area contributed by atoms with Crippen molar-refractivity contribution in [1.29, 1.82) is 10.5 Å². The molecule has 0 aliphatic rings. The van der Waals surface area contributed by atoms with Crippen LogP contribution in [0.25, 0.3) is 39.2 Å². The number of fused-ring (bicyclic) bond motifs is 1. The minimum absolute atomic E-state index is 0.0527. The number of nitrogens with zero attached hydrogens (tertiary/aromatic N) is 7. The van der Waals surface area contributed by atoms with Crippen LogP contribution in [0.3, 0.4) is 0 Å². The lowest BCUT2D eigenvalue weighted by atomic mass is 9.91. The number of hydrogen-bond donors (Lipinski definition) is 1. The van der Waals surface area contributed by atoms with Gasteiger partial charge in [0.05, 0.1) is 47.1 Å². The van der Waals surface area contributed by atoms with E-state index < -0.39 is 0 Å². The van der Waals surface area contributed by atoms with E-state index in [0.717, 1.165) is 10.9 Å². The normalized spacial score (nSPS) is 10.9. The van der Waals surface area contributed by atoms with Crippen molar-refractivity contribution < 1.29 is 4.42 Å². The minimum atomic E-state index is 0.0527. The van der Waals surface area contributed by atoms with Gasteiger partial charge in [0.15, 0.2) is 0 Å². The van der Waals surface area contributed by atoms with Crippen LogP contribution in [0.4, 0.5) is 5.69 Å². The quantitative estimate of drug-likeness (QED) is 0.345. The average molecular weight is 483 g/mol. The molecule has 0 fully saturated rings. The van der Waals surface area contributed by atoms with Crippen LogP contribution in [0.5, 0.6) is 0 Å². The zero-order chi connectivity index (χ0) is 25.4. The first kappa shape index (κ1) is 21.8. The van der Waals surface area contributed by atoms with Crippen LogP contribution in [0.1, 0.15) is 16.7 Å². The summed E-state index contributed by atoms with van der Waals surface area (Å²) in [4.78, 5) is 4.20. The third-order valence-corrected chi connectivity index (χ3v) is 6.15. The molecule has 6 rings (SSSR count). The highest BCUT2D eigenvalue weighted by molar-refractivity contribution is 5.97. The molecule has 2 N–H and O–H groups in total. The molecular weight excluding hydrogens is 464 g/mol. The van der Waals surface area contributed by atoms with Gasteiger partial charge in [-0.25, -0.2) is 9.67 Å². The zero-order valence-electron chi connectivity index (χ0n) is 19.4. The fourth-order valence-corrected chi connectivity index (χ4v) is 4.49. The Morgan fingerprint density at radius 3 is 2.43 bits per heavy atom. The van der Waals surface area contributed by atoms with Gasteiger partial charge >= 0.3 is 0 Å². The van der Waals surface area contributed by atoms with Crippen LogP contribution in [0.15, 0.2) is 90.0 Å². The Bertz CT molecular complexity index is 1800. The molecular formula is C28H18N8O. The van der Waals surface area contributed by atoms with Crippen molar-refractivity contribution in [3.63, 3.8) is 0 Å². The molecule has 3 heterocycles. The Morgan fingerprint density at radius 1 is 0.946 bits per heavy atom. The molecule has 0 aliphatic heterocycles. The third-order valence-electron chi connectivity index (χ3n) is 6.15. The summed E-state index contributed by atoms with van der Waals surface area (Å²) in [6.07, 6.45) is 6.71. The molecule has 0 amide bonds. The van der Waals surface area contributed by atoms with E-state index in [0.29, 0.717) is 40.4 Å². The van der Waals surface area contributed by atoms with Crippen LogP contribution in [-0.2, 0) is 6.54 Å². The first-order valence-corrected chi connectivity index (χ1v) is 11.4. The van der Waals surface area contributed by atoms with E-state index >= 15 is 0 Å². The molecule has 0 saturated carbocycles. The van der Waals surface area contributed by atoms with E-state index in [2.05, 4.69) is 27.4 Å². The summed E-state index contributed by atoms with van der Waals surface area (Å²) in [6, 6.07) is 23.7. The number of nitriles is 2. The molecule has 37 heavy (non-hydrogen) atoms. The van der Waals surface area contributed by atoms with Crippen LogP contribution < -0.4 is 5.73 Å². The van der Waals surface area contributed by atoms with E-state index in [1.165, 1.54) is 0 Å². The molecule has 0 saturated heterocycles. The van der Waals surface area contributed by atoms with E-state index in [1.807, 2.05) is 60.7 Å². The summed E-state index contributed by atoms with van der Waals surface area (Å²) in [5.41, 5.74) is 10.3. The van der Waals surface area contributed by atoms with Crippen molar-refractivity contribution in [2.45, 2.75) is 6.54 Å². The number of rotatable bonds is 5. The lowest BCUT2D eigenvalue weighted by molar-refractivity contribution is 0.631. The number of nitrogens with two attached hydrogens (primary N) is 1. The van der Waals surface area contributed by atoms with Gasteiger partial charge in [-0.15, -0.1) is 5.10 Å². The van der Waals surface area contributed by atoms with Crippen LogP contribution in [0.2, 0.25) is 0 Å². The first-order chi connectivity index (χ1) is 18.2. The highest BCUT2D eigenvalue weighted by atomic mass is 16.3. The monoisotopic (exact) mass is 482 g/mol. The predicted octanol–water partition coefficient (Wildman–Crippen LogP) is 4.92. The third kappa shape index (κ3) is 3.68. The first-order valence-electron chi connectivity index (χ1n) is 11.4. The Kier molecular flexibility index (Phi) is 5.22. The molecule has 3 aromatic heterocycles. The van der Waals surface area contributed by atoms with Crippen molar-refractivity contribution in [3.05, 3.63) is 102 Å². The van der Waals surface area contributed by atoms with Crippen LogP contribution >= 0.6 is 0 Å². The Hall–Kier alpha value is -5.67. The van der Waals surface area contributed by atoms with Crippen molar-refractivity contribution >= 4 is 16.7 Å². The maximum Gasteiger partial charge on any atom is 0.138 e. The summed E-state index contributed by atoms with van der Waals surface area (Å²) in [7, 11) is 0. The van der Waals surface area contributed by atoms with Gasteiger partial charge in [0.1, 0.15) is 29.2 Å². The van der Waals surface area contributed by atoms with Crippen LogP contribution in [-0.4, -0.2) is 24.5 Å². The van der Waals surface area contributed by atoms with Gasteiger partial charge in [-0.2, -0.15) is 10.5 Å². The largest absolute Gasteiger partial charge is 0.456 e. The maximum absolute atomic E-state index is 10.2. The Morgan fingerprint density at radius 2 is 1.70 bits per heavy atom. The molecule has 3 aromatic carbocycles. The Balaban J connectivity index is 1.65. The lowest BCUT2D eigenvalue weighted by Gasteiger charge is -2.18. The summed E-state index contributed by atoms with van der Waals surface area (Å²) in [5.74, 6) is 0.440. The Labute approximate surface area is 211 Å². The number of anilines is 1. The SMILES string of the molecule is N#Cc1c(N)c(C#N)c(-c2cc3ccccc3o2)c(-n2ccnc2)c1-c1cn(Cc2ccccc2)nn1. The smallest absolute Gasteiger partial charge is 0.138 e. The fourth-order valence-electron chi connectivity index (χ4n) is 4.49. The molecule has 9 nitrogen and oxygen atoms in total. The maximum atomic E-state index is 10.2. The van der Waals surface area contributed by atoms with Crippen molar-refractivity contribution in [2.75, 3.05) is 5.73 Å². The molecule has 0 atom stereocenters. The number of aromatic nitrogens is 5. The lowest BCUT2D eigenvalue weighted by Crippen LogP contribution is -2.07. The summed E-state index contributed by atoms with van der Waals surface area (Å²) < 4.78 is 9.60. The topological polar surface area (TPSA) is 135 Å². The number of para-hydroxylation sites is 1. The van der Waals surface area contributed by atoms with E-state index in [9.17, 15) is 10.5 Å². The van der Waals surface area contributed by atoms with Crippen molar-refractivity contribution in [3.8, 4) is 40.4 Å². The molecule has 0 spiro atoms. The van der Waals surface area contributed by atoms with E-state index in [-0.39, 0.29) is 16.8 Å². The van der Waals surface area contributed by atoms with Gasteiger partial charge in [-0.1, -0.05) is 53.7 Å². The number of nitrogen functional groups attached to an aromatic ring is 1. The number of benzene rings is 3. The van der Waals surface area contributed by atoms with E-state index in [1.54, 1.807) is 34.2 Å². The number of imidazole rings is 1. The van der Waals surface area contributed by atoms with Crippen molar-refractivity contribution in [2.24, 2.45) is 0 Å². The fraction of sp³-hybridized carbons (Fsp3) is 0.0357. The number of furan rings is 1. The van der Waals surface area contributed by atoms with Gasteiger partial charge in [-0.05, 0) is 17.7 Å². The predicted molar refractivity (Wildman–Crippen MR) is 137 cm³/mol. The van der Waals surface area contributed by atoms with Gasteiger partial charge in [0, 0.05) is 23.3 Å². The second-order valence-electron chi connectivity index (χ2n) is 8.39. The molecule has 176 valence electrons. The van der Waals surface area contributed by atoms with Crippen molar-refractivity contribution in [1.82, 2.24) is 24.5 Å². The molecule has 0 aliphatic carbocycles. The van der Waals surface area contributed by atoms with Gasteiger partial charge in [0.2, 0.25) is 0 Å². The second kappa shape index (κ2) is 8.84. The minimum Gasteiger partial charge on any atom is -0.456 e. The molecule has 6 aromatic rings. The highest BCUT2D eigenvalue weighted by Gasteiger charge is 2.29. The molecule has 0 unspecified atom stereocenters. The summed E-state index contributed by atoms with van der Waals surface area (Å²) in [6.45, 7) is 0.498. The standard InChI is InChI=1S/C28H18N8O/c29-13-20-25(22-16-36(34-33-22)15-18-6-2-1-3-7-18)28(35-11-10-32-17-35)26(21(14-30)27(20)31)24-12-19-8-4-5-9-23(19)37-24/h1-12,16-17H,15,31H2. The molecule has 0 radical (unpaired) electrons. The summed E-state index contributed by atoms with van der Waals surface area (Å²) >= 11 is 0. The zero-order valence-corrected chi connectivity index (χ0v) is 19.4. The number of hydrogen-bond acceptors (Lipinski definition) is 7. The van der Waals surface area contributed by atoms with Crippen LogP contribution in [0, 0.1) is 22.7 Å².